The number of hydrogen-bond acceptors (Lipinski definition) is 7. The van der Waals surface area contributed by atoms with Gasteiger partial charge in [0.05, 0.1) is 38.6 Å². The van der Waals surface area contributed by atoms with Gasteiger partial charge in [0.25, 0.3) is 0 Å². The summed E-state index contributed by atoms with van der Waals surface area (Å²) in [5.74, 6) is 0. The number of ether oxygens (including phenoxy) is 4. The molecule has 208 valence electrons. The van der Waals surface area contributed by atoms with Gasteiger partial charge in [0.15, 0.2) is 0 Å². The number of benzene rings is 2. The van der Waals surface area contributed by atoms with Crippen molar-refractivity contribution in [3.8, 4) is 0 Å². The zero-order chi connectivity index (χ0) is 27.3. The molecule has 0 bridgehead atoms. The minimum atomic E-state index is -0.980. The first-order chi connectivity index (χ1) is 19.0. The molecule has 2 aliphatic heterocycles. The molecule has 4 rings (SSSR count). The fourth-order valence-electron chi connectivity index (χ4n) is 4.47. The van der Waals surface area contributed by atoms with Crippen LogP contribution >= 0.6 is 0 Å². The van der Waals surface area contributed by atoms with Gasteiger partial charge in [-0.2, -0.15) is 0 Å². The van der Waals surface area contributed by atoms with Crippen molar-refractivity contribution in [2.24, 2.45) is 0 Å². The Morgan fingerprint density at radius 1 is 0.769 bits per heavy atom. The van der Waals surface area contributed by atoms with Crippen molar-refractivity contribution in [1.29, 1.82) is 0 Å². The van der Waals surface area contributed by atoms with Crippen molar-refractivity contribution in [2.75, 3.05) is 39.6 Å². The van der Waals surface area contributed by atoms with Crippen LogP contribution in [0.1, 0.15) is 17.5 Å². The molecule has 9 heteroatoms. The molecule has 0 saturated heterocycles. The van der Waals surface area contributed by atoms with Crippen LogP contribution in [0, 0.1) is 0 Å². The number of hydrogen-bond donors (Lipinski definition) is 3. The molecule has 0 aliphatic carbocycles. The van der Waals surface area contributed by atoms with E-state index in [1.54, 1.807) is 0 Å². The number of amides is 2. The van der Waals surface area contributed by atoms with Gasteiger partial charge >= 0.3 is 12.2 Å². The van der Waals surface area contributed by atoms with Crippen LogP contribution in [0.3, 0.4) is 0 Å². The highest BCUT2D eigenvalue weighted by atomic mass is 16.6. The maximum absolute atomic E-state index is 12.7. The second-order valence-corrected chi connectivity index (χ2v) is 9.68. The largest absolute Gasteiger partial charge is 0.445 e. The molecule has 3 N–H and O–H groups in total. The summed E-state index contributed by atoms with van der Waals surface area (Å²) in [5.41, 5.74) is 3.76. The topological polar surface area (TPSA) is 115 Å². The van der Waals surface area contributed by atoms with Gasteiger partial charge in [0.1, 0.15) is 13.2 Å². The Kier molecular flexibility index (Phi) is 10.9. The second-order valence-electron chi connectivity index (χ2n) is 9.68. The second kappa shape index (κ2) is 15.1. The van der Waals surface area contributed by atoms with Gasteiger partial charge < -0.3 is 34.7 Å². The van der Waals surface area contributed by atoms with Gasteiger partial charge in [-0.1, -0.05) is 72.8 Å². The number of nitrogens with one attached hydrogen (secondary N) is 2. The summed E-state index contributed by atoms with van der Waals surface area (Å²) in [6.07, 6.45) is 2.66. The van der Waals surface area contributed by atoms with Gasteiger partial charge in [-0.15, -0.1) is 0 Å². The SMILES string of the molecule is O=C(NC(Cc1ccccc1)CC(O)[C@H](Cc1ccccc1)NC(=O)OCC1=CCOC1)OCC1=CCOC1. The van der Waals surface area contributed by atoms with Crippen molar-refractivity contribution in [3.63, 3.8) is 0 Å². The molecular formula is C30H36N2O7. The molecule has 39 heavy (non-hydrogen) atoms. The van der Waals surface area contributed by atoms with Crippen LogP contribution in [-0.4, -0.2) is 75.1 Å². The lowest BCUT2D eigenvalue weighted by molar-refractivity contribution is 0.0903. The highest BCUT2D eigenvalue weighted by Crippen LogP contribution is 2.15. The first-order valence-corrected chi connectivity index (χ1v) is 13.2. The fraction of sp³-hybridized carbons (Fsp3) is 0.400. The number of carbonyl (C=O) groups excluding carboxylic acids is 2. The van der Waals surface area contributed by atoms with Crippen LogP contribution in [-0.2, 0) is 31.8 Å². The van der Waals surface area contributed by atoms with Gasteiger partial charge in [0.2, 0.25) is 0 Å². The molecule has 0 fully saturated rings. The fourth-order valence-corrected chi connectivity index (χ4v) is 4.47. The molecule has 2 aromatic rings. The van der Waals surface area contributed by atoms with E-state index in [-0.39, 0.29) is 19.6 Å². The molecule has 2 unspecified atom stereocenters. The van der Waals surface area contributed by atoms with Crippen LogP contribution in [0.15, 0.2) is 84.0 Å². The molecule has 9 nitrogen and oxygen atoms in total. The number of aliphatic hydroxyl groups excluding tert-OH is 1. The van der Waals surface area contributed by atoms with Crippen LogP contribution in [0.5, 0.6) is 0 Å². The zero-order valence-electron chi connectivity index (χ0n) is 21.9. The minimum Gasteiger partial charge on any atom is -0.445 e. The normalized spacial score (nSPS) is 16.9. The highest BCUT2D eigenvalue weighted by molar-refractivity contribution is 5.68. The molecule has 3 atom stereocenters. The van der Waals surface area contributed by atoms with E-state index in [9.17, 15) is 14.7 Å². The van der Waals surface area contributed by atoms with E-state index in [4.69, 9.17) is 18.9 Å². The van der Waals surface area contributed by atoms with Crippen molar-refractivity contribution in [2.45, 2.75) is 37.5 Å². The Bertz CT molecular complexity index is 1120. The molecule has 2 amide bonds. The van der Waals surface area contributed by atoms with Crippen LogP contribution in [0.25, 0.3) is 0 Å². The van der Waals surface area contributed by atoms with E-state index >= 15 is 0 Å². The standard InChI is InChI=1S/C30H36N2O7/c33-28(27(16-23-9-5-2-6-10-23)32-30(35)39-21-25-12-14-37-19-25)17-26(15-22-7-3-1-4-8-22)31-29(34)38-20-24-11-13-36-18-24/h1-12,26-28,33H,13-21H2,(H,31,34)(H,32,35)/t26?,27-,28?/m0/s1. The predicted molar refractivity (Wildman–Crippen MR) is 145 cm³/mol. The average Bonchev–Trinajstić information content (AvgIpc) is 3.66. The smallest absolute Gasteiger partial charge is 0.407 e. The monoisotopic (exact) mass is 536 g/mol. The Hall–Kier alpha value is -3.66. The molecule has 0 radical (unpaired) electrons. The maximum Gasteiger partial charge on any atom is 0.407 e. The molecule has 0 aromatic heterocycles. The number of carbonyl (C=O) groups is 2. The van der Waals surface area contributed by atoms with Crippen molar-refractivity contribution in [3.05, 3.63) is 95.1 Å². The third-order valence-electron chi connectivity index (χ3n) is 6.57. The van der Waals surface area contributed by atoms with Crippen molar-refractivity contribution in [1.82, 2.24) is 10.6 Å². The van der Waals surface area contributed by atoms with E-state index in [1.807, 2.05) is 72.8 Å². The third-order valence-corrected chi connectivity index (χ3v) is 6.57. The highest BCUT2D eigenvalue weighted by Gasteiger charge is 2.27. The predicted octanol–water partition coefficient (Wildman–Crippen LogP) is 3.33. The van der Waals surface area contributed by atoms with E-state index in [1.165, 1.54) is 0 Å². The van der Waals surface area contributed by atoms with Gasteiger partial charge in [0, 0.05) is 6.04 Å². The summed E-state index contributed by atoms with van der Waals surface area (Å²) in [5, 5.41) is 17.1. The van der Waals surface area contributed by atoms with Crippen LogP contribution < -0.4 is 10.6 Å². The summed E-state index contributed by atoms with van der Waals surface area (Å²) in [6.45, 7) is 2.21. The summed E-state index contributed by atoms with van der Waals surface area (Å²) in [6, 6.07) is 18.2. The van der Waals surface area contributed by atoms with Crippen LogP contribution in [0.2, 0.25) is 0 Å². The number of rotatable bonds is 13. The number of alkyl carbamates (subject to hydrolysis) is 2. The van der Waals surface area contributed by atoms with Gasteiger partial charge in [-0.05, 0) is 41.5 Å². The van der Waals surface area contributed by atoms with Crippen molar-refractivity contribution < 1.29 is 33.6 Å². The Morgan fingerprint density at radius 3 is 1.79 bits per heavy atom. The maximum atomic E-state index is 12.7. The first kappa shape index (κ1) is 28.4. The van der Waals surface area contributed by atoms with E-state index in [0.29, 0.717) is 39.3 Å². The van der Waals surface area contributed by atoms with E-state index < -0.39 is 30.4 Å². The van der Waals surface area contributed by atoms with Gasteiger partial charge in [-0.3, -0.25) is 0 Å². The summed E-state index contributed by atoms with van der Waals surface area (Å²) < 4.78 is 21.3. The Balaban J connectivity index is 1.41. The summed E-state index contributed by atoms with van der Waals surface area (Å²) in [7, 11) is 0. The molecule has 0 spiro atoms. The quantitative estimate of drug-likeness (QED) is 0.337. The lowest BCUT2D eigenvalue weighted by Gasteiger charge is -2.28. The summed E-state index contributed by atoms with van der Waals surface area (Å²) in [4.78, 5) is 25.3. The first-order valence-electron chi connectivity index (χ1n) is 13.2. The van der Waals surface area contributed by atoms with Crippen LogP contribution in [0.4, 0.5) is 9.59 Å². The molecular weight excluding hydrogens is 500 g/mol. The summed E-state index contributed by atoms with van der Waals surface area (Å²) >= 11 is 0. The van der Waals surface area contributed by atoms with E-state index in [2.05, 4.69) is 10.6 Å². The number of aliphatic hydroxyl groups is 1. The Morgan fingerprint density at radius 2 is 1.28 bits per heavy atom. The third kappa shape index (κ3) is 9.86. The lowest BCUT2D eigenvalue weighted by Crippen LogP contribution is -2.49. The minimum absolute atomic E-state index is 0.130. The Labute approximate surface area is 228 Å². The lowest BCUT2D eigenvalue weighted by atomic mass is 9.94. The molecule has 2 aliphatic rings. The molecule has 0 saturated carbocycles. The molecule has 2 aromatic carbocycles. The molecule has 2 heterocycles. The van der Waals surface area contributed by atoms with Crippen molar-refractivity contribution >= 4 is 12.2 Å². The van der Waals surface area contributed by atoms with Gasteiger partial charge in [-0.25, -0.2) is 9.59 Å². The average molecular weight is 537 g/mol. The zero-order valence-corrected chi connectivity index (χ0v) is 21.9. The van der Waals surface area contributed by atoms with E-state index in [0.717, 1.165) is 22.3 Å².